The second kappa shape index (κ2) is 6.41. The summed E-state index contributed by atoms with van der Waals surface area (Å²) in [5.74, 6) is 0.396. The van der Waals surface area contributed by atoms with Crippen molar-refractivity contribution >= 4 is 34.9 Å². The molecule has 0 aliphatic heterocycles. The smallest absolute Gasteiger partial charge is 0.445 e. The molecule has 5 rings (SSSR count). The molecule has 0 aliphatic carbocycles. The Morgan fingerprint density at radius 3 is 2.71 bits per heavy atom. The first kappa shape index (κ1) is 16.9. The monoisotopic (exact) mass is 393 g/mol. The van der Waals surface area contributed by atoms with Crippen molar-refractivity contribution in [2.45, 2.75) is 0 Å². The highest BCUT2D eigenvalue weighted by Crippen LogP contribution is 2.47. The average Bonchev–Trinajstić information content (AvgIpc) is 3.45. The summed E-state index contributed by atoms with van der Waals surface area (Å²) < 4.78 is 29.1. The summed E-state index contributed by atoms with van der Waals surface area (Å²) in [4.78, 5) is 3.37. The number of para-hydroxylation sites is 1. The van der Waals surface area contributed by atoms with E-state index in [0.29, 0.717) is 5.75 Å². The number of furan rings is 1. The molecule has 2 N–H and O–H groups in total. The number of benzene rings is 2. The molecule has 3 heterocycles. The van der Waals surface area contributed by atoms with Crippen LogP contribution in [0.5, 0.6) is 5.75 Å². The Hall–Kier alpha value is -3.28. The van der Waals surface area contributed by atoms with Crippen LogP contribution in [0.1, 0.15) is 0 Å². The predicted octanol–water partition coefficient (Wildman–Crippen LogP) is 4.85. The Kier molecular flexibility index (Phi) is 3.86. The second-order valence-electron chi connectivity index (χ2n) is 6.27. The van der Waals surface area contributed by atoms with Gasteiger partial charge >= 0.3 is 7.60 Å². The van der Waals surface area contributed by atoms with Crippen molar-refractivity contribution in [3.8, 4) is 17.1 Å². The van der Waals surface area contributed by atoms with Crippen molar-refractivity contribution in [2.75, 3.05) is 7.11 Å². The maximum atomic E-state index is 13.0. The van der Waals surface area contributed by atoms with E-state index >= 15 is 0 Å². The fraction of sp³-hybridized carbons (Fsp3) is 0.0500. The van der Waals surface area contributed by atoms with E-state index in [1.165, 1.54) is 13.4 Å². The molecular weight excluding hydrogens is 377 g/mol. The summed E-state index contributed by atoms with van der Waals surface area (Å²) in [5, 5.41) is 9.39. The Bertz CT molecular complexity index is 1290. The summed E-state index contributed by atoms with van der Waals surface area (Å²) >= 11 is 0. The van der Waals surface area contributed by atoms with Crippen molar-refractivity contribution in [1.82, 2.24) is 15.2 Å². The molecule has 0 radical (unpaired) electrons. The number of rotatable bonds is 5. The third-order valence-electron chi connectivity index (χ3n) is 4.56. The van der Waals surface area contributed by atoms with Gasteiger partial charge in [-0.05, 0) is 42.5 Å². The van der Waals surface area contributed by atoms with E-state index in [1.54, 1.807) is 24.3 Å². The largest absolute Gasteiger partial charge is 0.455 e. The van der Waals surface area contributed by atoms with Gasteiger partial charge in [-0.2, -0.15) is 5.10 Å². The minimum atomic E-state index is -3.60. The van der Waals surface area contributed by atoms with Crippen LogP contribution in [-0.4, -0.2) is 22.3 Å². The SMILES string of the molecule is COP(=O)(Oc1ccc2[nH]nc(-c3cc4ccccc4[nH]3)c2c1)c1ccco1. The lowest BCUT2D eigenvalue weighted by Gasteiger charge is -2.14. The summed E-state index contributed by atoms with van der Waals surface area (Å²) in [6, 6.07) is 18.6. The lowest BCUT2D eigenvalue weighted by atomic mass is 10.1. The summed E-state index contributed by atoms with van der Waals surface area (Å²) in [7, 11) is -2.27. The zero-order chi connectivity index (χ0) is 19.1. The number of aromatic nitrogens is 3. The predicted molar refractivity (Wildman–Crippen MR) is 107 cm³/mol. The van der Waals surface area contributed by atoms with E-state index in [2.05, 4.69) is 15.2 Å². The first-order valence-electron chi connectivity index (χ1n) is 8.62. The van der Waals surface area contributed by atoms with Gasteiger partial charge in [0.15, 0.2) is 0 Å². The fourth-order valence-electron chi connectivity index (χ4n) is 3.19. The van der Waals surface area contributed by atoms with E-state index in [1.807, 2.05) is 36.4 Å². The topological polar surface area (TPSA) is 93.1 Å². The highest BCUT2D eigenvalue weighted by molar-refractivity contribution is 7.62. The maximum Gasteiger partial charge on any atom is 0.445 e. The molecule has 8 heteroatoms. The van der Waals surface area contributed by atoms with Gasteiger partial charge in [0.1, 0.15) is 11.4 Å². The Morgan fingerprint density at radius 2 is 1.93 bits per heavy atom. The highest BCUT2D eigenvalue weighted by Gasteiger charge is 2.31. The average molecular weight is 393 g/mol. The number of nitrogens with one attached hydrogen (secondary N) is 2. The zero-order valence-electron chi connectivity index (χ0n) is 14.9. The van der Waals surface area contributed by atoms with Gasteiger partial charge in [-0.3, -0.25) is 9.62 Å². The van der Waals surface area contributed by atoms with Crippen LogP contribution in [0.15, 0.2) is 71.3 Å². The highest BCUT2D eigenvalue weighted by atomic mass is 31.2. The number of hydrogen-bond donors (Lipinski definition) is 2. The molecule has 1 unspecified atom stereocenters. The minimum Gasteiger partial charge on any atom is -0.455 e. The second-order valence-corrected chi connectivity index (χ2v) is 8.26. The van der Waals surface area contributed by atoms with Crippen molar-refractivity contribution < 1.29 is 18.0 Å². The molecule has 0 aliphatic rings. The zero-order valence-corrected chi connectivity index (χ0v) is 15.8. The molecule has 3 aromatic heterocycles. The number of aromatic amines is 2. The summed E-state index contributed by atoms with van der Waals surface area (Å²) in [5.41, 5.74) is 3.65. The molecule has 0 fully saturated rings. The first-order valence-corrected chi connectivity index (χ1v) is 10.2. The fourth-order valence-corrected chi connectivity index (χ4v) is 4.39. The Morgan fingerprint density at radius 1 is 1.04 bits per heavy atom. The molecule has 2 aromatic carbocycles. The molecule has 0 bridgehead atoms. The van der Waals surface area contributed by atoms with Crippen molar-refractivity contribution in [1.29, 1.82) is 0 Å². The van der Waals surface area contributed by atoms with Gasteiger partial charge in [-0.25, -0.2) is 4.57 Å². The van der Waals surface area contributed by atoms with E-state index in [0.717, 1.165) is 33.2 Å². The number of hydrogen-bond acceptors (Lipinski definition) is 5. The lowest BCUT2D eigenvalue weighted by molar-refractivity contribution is 0.326. The molecule has 0 amide bonds. The number of fused-ring (bicyclic) bond motifs is 2. The van der Waals surface area contributed by atoms with Crippen LogP contribution < -0.4 is 10.0 Å². The van der Waals surface area contributed by atoms with E-state index < -0.39 is 7.60 Å². The van der Waals surface area contributed by atoms with Crippen LogP contribution in [-0.2, 0) is 9.09 Å². The van der Waals surface area contributed by atoms with Crippen LogP contribution >= 0.6 is 7.60 Å². The molecular formula is C20H16N3O4P. The van der Waals surface area contributed by atoms with E-state index in [-0.39, 0.29) is 5.50 Å². The van der Waals surface area contributed by atoms with Gasteiger partial charge in [-0.1, -0.05) is 18.2 Å². The van der Waals surface area contributed by atoms with Crippen molar-refractivity contribution in [3.63, 3.8) is 0 Å². The molecule has 0 spiro atoms. The van der Waals surface area contributed by atoms with Crippen LogP contribution in [0.25, 0.3) is 33.2 Å². The van der Waals surface area contributed by atoms with Gasteiger partial charge in [0.25, 0.3) is 0 Å². The van der Waals surface area contributed by atoms with Gasteiger partial charge in [0, 0.05) is 23.4 Å². The molecule has 5 aromatic rings. The first-order chi connectivity index (χ1) is 13.7. The number of nitrogens with zero attached hydrogens (tertiary/aromatic N) is 1. The molecule has 7 nitrogen and oxygen atoms in total. The molecule has 0 saturated heterocycles. The lowest BCUT2D eigenvalue weighted by Crippen LogP contribution is -2.08. The molecule has 1 atom stereocenters. The maximum absolute atomic E-state index is 13.0. The van der Waals surface area contributed by atoms with Gasteiger partial charge in [0.2, 0.25) is 5.50 Å². The van der Waals surface area contributed by atoms with Gasteiger partial charge in [0.05, 0.1) is 17.5 Å². The third kappa shape index (κ3) is 2.72. The minimum absolute atomic E-state index is 0.151. The quantitative estimate of drug-likeness (QED) is 0.417. The molecule has 28 heavy (non-hydrogen) atoms. The van der Waals surface area contributed by atoms with E-state index in [4.69, 9.17) is 13.5 Å². The third-order valence-corrected chi connectivity index (χ3v) is 6.29. The molecule has 0 saturated carbocycles. The molecule has 140 valence electrons. The Labute approximate surface area is 159 Å². The van der Waals surface area contributed by atoms with Crippen molar-refractivity contribution in [2.24, 2.45) is 0 Å². The van der Waals surface area contributed by atoms with Crippen molar-refractivity contribution in [3.05, 3.63) is 66.9 Å². The van der Waals surface area contributed by atoms with Gasteiger partial charge in [-0.15, -0.1) is 0 Å². The summed E-state index contributed by atoms with van der Waals surface area (Å²) in [6.07, 6.45) is 1.43. The van der Waals surface area contributed by atoms with Crippen LogP contribution in [0.3, 0.4) is 0 Å². The summed E-state index contributed by atoms with van der Waals surface area (Å²) in [6.45, 7) is 0. The Balaban J connectivity index is 1.57. The normalized spacial score (nSPS) is 13.8. The number of H-pyrrole nitrogens is 2. The van der Waals surface area contributed by atoms with Crippen LogP contribution in [0.4, 0.5) is 0 Å². The standard InChI is InChI=1S/C20H16N3O4P/c1-25-28(24,19-7-4-10-26-19)27-14-8-9-17-15(12-14)20(23-22-17)18-11-13-5-2-3-6-16(13)21-18/h2-12,21H,1H3,(H,22,23). The van der Waals surface area contributed by atoms with E-state index in [9.17, 15) is 4.57 Å². The van der Waals surface area contributed by atoms with Crippen LogP contribution in [0, 0.1) is 0 Å². The van der Waals surface area contributed by atoms with Gasteiger partial charge < -0.3 is 13.9 Å². The van der Waals surface area contributed by atoms with Crippen LogP contribution in [0.2, 0.25) is 0 Å².